The molecule has 0 aliphatic carbocycles. The van der Waals surface area contributed by atoms with Crippen LogP contribution in [0.15, 0.2) is 0 Å². The van der Waals surface area contributed by atoms with E-state index in [0.717, 1.165) is 32.5 Å². The first-order valence-corrected chi connectivity index (χ1v) is 6.07. The monoisotopic (exact) mass is 229 g/mol. The summed E-state index contributed by atoms with van der Waals surface area (Å²) in [5.74, 6) is 0. The van der Waals surface area contributed by atoms with Crippen LogP contribution in [0, 0.1) is 0 Å². The van der Waals surface area contributed by atoms with Crippen LogP contribution in [-0.4, -0.2) is 44.4 Å². The minimum Gasteiger partial charge on any atom is -0.446 e. The highest BCUT2D eigenvalue weighted by Gasteiger charge is 2.16. The Morgan fingerprint density at radius 2 is 2.06 bits per heavy atom. The lowest BCUT2D eigenvalue weighted by molar-refractivity contribution is 0.0795. The van der Waals surface area contributed by atoms with Crippen LogP contribution in [0.5, 0.6) is 0 Å². The first-order valence-electron chi connectivity index (χ1n) is 6.07. The summed E-state index contributed by atoms with van der Waals surface area (Å²) in [7, 11) is 0. The van der Waals surface area contributed by atoms with Gasteiger partial charge in [0.05, 0.1) is 0 Å². The van der Waals surface area contributed by atoms with E-state index in [4.69, 9.17) is 4.74 Å². The van der Waals surface area contributed by atoms with Gasteiger partial charge in [0.25, 0.3) is 0 Å². The van der Waals surface area contributed by atoms with Crippen LogP contribution in [0.3, 0.4) is 0 Å². The van der Waals surface area contributed by atoms with Crippen LogP contribution in [0.1, 0.15) is 26.7 Å². The number of rotatable bonds is 5. The Morgan fingerprint density at radius 3 is 2.69 bits per heavy atom. The molecular formula is C11H23N3O2. The second kappa shape index (κ2) is 7.46. The Bertz CT molecular complexity index is 203. The van der Waals surface area contributed by atoms with Gasteiger partial charge in [-0.15, -0.1) is 0 Å². The van der Waals surface area contributed by atoms with Crippen LogP contribution in [0.25, 0.3) is 0 Å². The molecule has 1 saturated heterocycles. The normalized spacial score (nSPS) is 17.4. The van der Waals surface area contributed by atoms with E-state index in [1.807, 2.05) is 0 Å². The van der Waals surface area contributed by atoms with Crippen molar-refractivity contribution >= 4 is 6.09 Å². The number of hydrogen-bond acceptors (Lipinski definition) is 4. The van der Waals surface area contributed by atoms with Crippen LogP contribution in [-0.2, 0) is 4.74 Å². The zero-order valence-corrected chi connectivity index (χ0v) is 10.2. The van der Waals surface area contributed by atoms with Gasteiger partial charge >= 0.3 is 6.09 Å². The highest BCUT2D eigenvalue weighted by molar-refractivity contribution is 5.67. The van der Waals surface area contributed by atoms with Crippen molar-refractivity contribution < 1.29 is 9.53 Å². The average molecular weight is 229 g/mol. The molecule has 0 aromatic rings. The predicted molar refractivity (Wildman–Crippen MR) is 63.5 cm³/mol. The van der Waals surface area contributed by atoms with Crippen LogP contribution in [0.4, 0.5) is 4.79 Å². The average Bonchev–Trinajstić information content (AvgIpc) is 2.25. The fourth-order valence-corrected chi connectivity index (χ4v) is 1.63. The third-order valence-electron chi connectivity index (χ3n) is 2.51. The highest BCUT2D eigenvalue weighted by atomic mass is 16.6. The Balaban J connectivity index is 2.01. The fourth-order valence-electron chi connectivity index (χ4n) is 1.63. The van der Waals surface area contributed by atoms with E-state index in [9.17, 15) is 4.79 Å². The molecule has 3 N–H and O–H groups in total. The molecule has 1 aliphatic rings. The Morgan fingerprint density at radius 1 is 1.38 bits per heavy atom. The maximum atomic E-state index is 11.4. The van der Waals surface area contributed by atoms with Crippen molar-refractivity contribution in [2.45, 2.75) is 38.8 Å². The topological polar surface area (TPSA) is 62.4 Å². The Kier molecular flexibility index (Phi) is 6.18. The standard InChI is InChI=1S/C11H23N3O2/c1-9(2)13-7-8-14-11(15)16-10-3-5-12-6-4-10/h9-10,12-13H,3-8H2,1-2H3,(H,14,15). The molecule has 1 aliphatic heterocycles. The van der Waals surface area contributed by atoms with Crippen molar-refractivity contribution in [3.05, 3.63) is 0 Å². The number of ether oxygens (including phenoxy) is 1. The lowest BCUT2D eigenvalue weighted by atomic mass is 10.1. The van der Waals surface area contributed by atoms with Gasteiger partial charge in [0.15, 0.2) is 0 Å². The summed E-state index contributed by atoms with van der Waals surface area (Å²) in [6, 6.07) is 0.447. The molecule has 0 bridgehead atoms. The van der Waals surface area contributed by atoms with Crippen molar-refractivity contribution in [3.63, 3.8) is 0 Å². The molecule has 5 nitrogen and oxygen atoms in total. The van der Waals surface area contributed by atoms with Gasteiger partial charge < -0.3 is 20.7 Å². The summed E-state index contributed by atoms with van der Waals surface area (Å²) in [6.07, 6.45) is 1.62. The smallest absolute Gasteiger partial charge is 0.407 e. The zero-order chi connectivity index (χ0) is 11.8. The van der Waals surface area contributed by atoms with Crippen molar-refractivity contribution in [3.8, 4) is 0 Å². The maximum Gasteiger partial charge on any atom is 0.407 e. The molecule has 0 saturated carbocycles. The molecule has 0 radical (unpaired) electrons. The van der Waals surface area contributed by atoms with E-state index in [1.165, 1.54) is 0 Å². The van der Waals surface area contributed by atoms with E-state index in [1.54, 1.807) is 0 Å². The summed E-state index contributed by atoms with van der Waals surface area (Å²) in [6.45, 7) is 7.42. The number of piperidine rings is 1. The van der Waals surface area contributed by atoms with Gasteiger partial charge in [0.2, 0.25) is 0 Å². The summed E-state index contributed by atoms with van der Waals surface area (Å²) in [5, 5.41) is 9.20. The SMILES string of the molecule is CC(C)NCCNC(=O)OC1CCNCC1. The summed E-state index contributed by atoms with van der Waals surface area (Å²) in [5.41, 5.74) is 0. The Labute approximate surface area is 97.3 Å². The van der Waals surface area contributed by atoms with Crippen molar-refractivity contribution in [2.75, 3.05) is 26.2 Å². The quantitative estimate of drug-likeness (QED) is 0.599. The van der Waals surface area contributed by atoms with E-state index < -0.39 is 0 Å². The van der Waals surface area contributed by atoms with Crippen LogP contribution in [0.2, 0.25) is 0 Å². The lowest BCUT2D eigenvalue weighted by Gasteiger charge is -2.22. The molecule has 94 valence electrons. The summed E-state index contributed by atoms with van der Waals surface area (Å²) < 4.78 is 5.28. The third-order valence-corrected chi connectivity index (χ3v) is 2.51. The number of carbonyl (C=O) groups is 1. The molecule has 1 heterocycles. The maximum absolute atomic E-state index is 11.4. The fraction of sp³-hybridized carbons (Fsp3) is 0.909. The highest BCUT2D eigenvalue weighted by Crippen LogP contribution is 2.06. The van der Waals surface area contributed by atoms with Gasteiger partial charge in [-0.05, 0) is 25.9 Å². The molecule has 0 aromatic heterocycles. The molecule has 1 fully saturated rings. The van der Waals surface area contributed by atoms with Gasteiger partial charge in [-0.3, -0.25) is 0 Å². The van der Waals surface area contributed by atoms with E-state index >= 15 is 0 Å². The molecular weight excluding hydrogens is 206 g/mol. The van der Waals surface area contributed by atoms with Crippen LogP contribution < -0.4 is 16.0 Å². The molecule has 16 heavy (non-hydrogen) atoms. The zero-order valence-electron chi connectivity index (χ0n) is 10.2. The molecule has 1 amide bonds. The number of amides is 1. The van der Waals surface area contributed by atoms with Crippen molar-refractivity contribution in [1.82, 2.24) is 16.0 Å². The second-order valence-corrected chi connectivity index (χ2v) is 4.39. The summed E-state index contributed by atoms with van der Waals surface area (Å²) >= 11 is 0. The van der Waals surface area contributed by atoms with Gasteiger partial charge in [0.1, 0.15) is 6.10 Å². The molecule has 0 unspecified atom stereocenters. The van der Waals surface area contributed by atoms with Crippen molar-refractivity contribution in [1.29, 1.82) is 0 Å². The van der Waals surface area contributed by atoms with Gasteiger partial charge in [-0.25, -0.2) is 4.79 Å². The van der Waals surface area contributed by atoms with Gasteiger partial charge in [-0.1, -0.05) is 13.8 Å². The Hall–Kier alpha value is -0.810. The minimum atomic E-state index is -0.294. The molecule has 0 aromatic carbocycles. The van der Waals surface area contributed by atoms with Gasteiger partial charge in [-0.2, -0.15) is 0 Å². The van der Waals surface area contributed by atoms with E-state index in [-0.39, 0.29) is 12.2 Å². The van der Waals surface area contributed by atoms with E-state index in [2.05, 4.69) is 29.8 Å². The minimum absolute atomic E-state index is 0.0827. The number of carbonyl (C=O) groups excluding carboxylic acids is 1. The third kappa shape index (κ3) is 5.92. The molecule has 1 rings (SSSR count). The van der Waals surface area contributed by atoms with Crippen molar-refractivity contribution in [2.24, 2.45) is 0 Å². The molecule has 0 atom stereocenters. The van der Waals surface area contributed by atoms with E-state index in [0.29, 0.717) is 12.6 Å². The number of nitrogens with one attached hydrogen (secondary N) is 3. The van der Waals surface area contributed by atoms with Crippen LogP contribution >= 0.6 is 0 Å². The number of alkyl carbamates (subject to hydrolysis) is 1. The first-order chi connectivity index (χ1) is 7.68. The predicted octanol–water partition coefficient (Wildman–Crippen LogP) is 0.463. The van der Waals surface area contributed by atoms with Gasteiger partial charge in [0, 0.05) is 19.1 Å². The first kappa shape index (κ1) is 13.3. The second-order valence-electron chi connectivity index (χ2n) is 4.39. The number of hydrogen-bond donors (Lipinski definition) is 3. The molecule has 5 heteroatoms. The summed E-state index contributed by atoms with van der Waals surface area (Å²) in [4.78, 5) is 11.4. The lowest BCUT2D eigenvalue weighted by Crippen LogP contribution is -2.39. The largest absolute Gasteiger partial charge is 0.446 e. The molecule has 0 spiro atoms.